The number of carbonyl (C=O) groups is 3. The topological polar surface area (TPSA) is 108 Å². The van der Waals surface area contributed by atoms with E-state index in [1.807, 2.05) is 0 Å². The summed E-state index contributed by atoms with van der Waals surface area (Å²) < 4.78 is 4.69. The summed E-state index contributed by atoms with van der Waals surface area (Å²) in [6.45, 7) is 5.05. The van der Waals surface area contributed by atoms with Gasteiger partial charge in [-0.05, 0) is 12.2 Å². The number of ether oxygens (including phenoxy) is 1. The fourth-order valence-corrected chi connectivity index (χ4v) is 2.25. The number of carbonyl (C=O) groups excluding carboxylic acids is 3. The number of thiocarbonyl (C=S) groups is 1. The predicted molar refractivity (Wildman–Crippen MR) is 76.8 cm³/mol. The van der Waals surface area contributed by atoms with Crippen LogP contribution in [0.2, 0.25) is 0 Å². The third kappa shape index (κ3) is 3.19. The number of hydrogen-bond acceptors (Lipinski definition) is 6. The molecule has 0 spiro atoms. The Morgan fingerprint density at radius 1 is 1.48 bits per heavy atom. The summed E-state index contributed by atoms with van der Waals surface area (Å²) in [4.78, 5) is 36.4. The Balaban J connectivity index is 3.34. The van der Waals surface area contributed by atoms with Crippen molar-refractivity contribution in [1.82, 2.24) is 10.6 Å². The summed E-state index contributed by atoms with van der Waals surface area (Å²) in [6, 6.07) is 1.75. The normalized spacial score (nSPS) is 25.4. The number of nitriles is 1. The minimum Gasteiger partial charge on any atom is -0.467 e. The first-order chi connectivity index (χ1) is 9.58. The second-order valence-corrected chi connectivity index (χ2v) is 6.23. The van der Waals surface area contributed by atoms with Gasteiger partial charge in [-0.15, -0.1) is 0 Å². The van der Waals surface area contributed by atoms with Gasteiger partial charge in [0.05, 0.1) is 13.2 Å². The molecular formula is C13H17N3O4S. The van der Waals surface area contributed by atoms with Gasteiger partial charge in [0.2, 0.25) is 5.91 Å². The van der Waals surface area contributed by atoms with E-state index in [1.54, 1.807) is 26.8 Å². The van der Waals surface area contributed by atoms with Crippen LogP contribution in [-0.4, -0.2) is 35.4 Å². The fraction of sp³-hybridized carbons (Fsp3) is 0.615. The van der Waals surface area contributed by atoms with Gasteiger partial charge in [0.1, 0.15) is 5.78 Å². The Bertz CT molecular complexity index is 547. The summed E-state index contributed by atoms with van der Waals surface area (Å²) in [5.74, 6) is -3.31. The Morgan fingerprint density at radius 2 is 2.05 bits per heavy atom. The van der Waals surface area contributed by atoms with Crippen molar-refractivity contribution in [2.75, 3.05) is 7.11 Å². The quantitative estimate of drug-likeness (QED) is 0.560. The lowest BCUT2D eigenvalue weighted by atomic mass is 9.74. The summed E-state index contributed by atoms with van der Waals surface area (Å²) in [5.41, 5.74) is -2.54. The van der Waals surface area contributed by atoms with Crippen LogP contribution in [-0.2, 0) is 19.1 Å². The van der Waals surface area contributed by atoms with Crippen molar-refractivity contribution < 1.29 is 19.1 Å². The van der Waals surface area contributed by atoms with E-state index >= 15 is 0 Å². The summed E-state index contributed by atoms with van der Waals surface area (Å²) in [5, 5.41) is 14.0. The van der Waals surface area contributed by atoms with Gasteiger partial charge in [0.15, 0.2) is 16.6 Å². The number of ketones is 1. The van der Waals surface area contributed by atoms with Crippen LogP contribution >= 0.6 is 12.2 Å². The first-order valence-corrected chi connectivity index (χ1v) is 6.63. The van der Waals surface area contributed by atoms with E-state index in [0.717, 1.165) is 7.11 Å². The largest absolute Gasteiger partial charge is 0.467 e. The number of hydrogen-bond donors (Lipinski definition) is 2. The first kappa shape index (κ1) is 17.0. The molecule has 0 aromatic carbocycles. The van der Waals surface area contributed by atoms with Crippen LogP contribution in [0.1, 0.15) is 27.2 Å². The molecule has 8 heteroatoms. The molecule has 1 fully saturated rings. The summed E-state index contributed by atoms with van der Waals surface area (Å²) >= 11 is 4.87. The maximum absolute atomic E-state index is 12.3. The second-order valence-electron chi connectivity index (χ2n) is 5.82. The highest BCUT2D eigenvalue weighted by molar-refractivity contribution is 7.80. The van der Waals surface area contributed by atoms with Crippen LogP contribution < -0.4 is 10.6 Å². The van der Waals surface area contributed by atoms with E-state index in [2.05, 4.69) is 10.6 Å². The van der Waals surface area contributed by atoms with Gasteiger partial charge >= 0.3 is 5.97 Å². The lowest BCUT2D eigenvalue weighted by molar-refractivity contribution is -0.155. The highest BCUT2D eigenvalue weighted by Crippen LogP contribution is 2.30. The number of esters is 1. The average molecular weight is 311 g/mol. The van der Waals surface area contributed by atoms with Crippen molar-refractivity contribution in [2.45, 2.75) is 32.7 Å². The lowest BCUT2D eigenvalue weighted by Crippen LogP contribution is -2.70. The van der Waals surface area contributed by atoms with E-state index in [9.17, 15) is 19.6 Å². The van der Waals surface area contributed by atoms with E-state index < -0.39 is 28.7 Å². The van der Waals surface area contributed by atoms with Crippen LogP contribution in [0.5, 0.6) is 0 Å². The van der Waals surface area contributed by atoms with Gasteiger partial charge in [-0.25, -0.2) is 4.79 Å². The minimum absolute atomic E-state index is 0.112. The third-order valence-electron chi connectivity index (χ3n) is 3.28. The molecular weight excluding hydrogens is 294 g/mol. The molecule has 0 saturated carbocycles. The van der Waals surface area contributed by atoms with Crippen LogP contribution in [0.3, 0.4) is 0 Å². The lowest BCUT2D eigenvalue weighted by Gasteiger charge is -2.39. The van der Waals surface area contributed by atoms with Crippen LogP contribution in [0.15, 0.2) is 0 Å². The number of amides is 1. The highest BCUT2D eigenvalue weighted by Gasteiger charge is 2.56. The molecule has 1 amide bonds. The Hall–Kier alpha value is -2.01. The zero-order valence-electron chi connectivity index (χ0n) is 12.3. The van der Waals surface area contributed by atoms with Gasteiger partial charge in [-0.3, -0.25) is 9.59 Å². The fourth-order valence-electron chi connectivity index (χ4n) is 1.97. The Kier molecular flexibility index (Phi) is 4.69. The molecule has 0 radical (unpaired) electrons. The van der Waals surface area contributed by atoms with Crippen molar-refractivity contribution in [2.24, 2.45) is 11.3 Å². The monoisotopic (exact) mass is 311 g/mol. The van der Waals surface area contributed by atoms with Crippen molar-refractivity contribution in [3.63, 3.8) is 0 Å². The Labute approximate surface area is 128 Å². The highest BCUT2D eigenvalue weighted by atomic mass is 32.1. The summed E-state index contributed by atoms with van der Waals surface area (Å²) in [6.07, 6.45) is -0.366. The molecule has 1 saturated heterocycles. The Morgan fingerprint density at radius 3 is 2.48 bits per heavy atom. The van der Waals surface area contributed by atoms with Crippen molar-refractivity contribution >= 4 is 35.0 Å². The van der Waals surface area contributed by atoms with Crippen molar-refractivity contribution in [3.8, 4) is 6.07 Å². The average Bonchev–Trinajstić information content (AvgIpc) is 2.35. The van der Waals surface area contributed by atoms with Crippen LogP contribution in [0.25, 0.3) is 0 Å². The molecule has 1 aliphatic rings. The molecule has 0 bridgehead atoms. The van der Waals surface area contributed by atoms with E-state index in [1.165, 1.54) is 0 Å². The predicted octanol–water partition coefficient (Wildman–Crippen LogP) is 0.0476. The first-order valence-electron chi connectivity index (χ1n) is 6.23. The molecule has 2 atom stereocenters. The molecule has 0 aromatic heterocycles. The van der Waals surface area contributed by atoms with Crippen molar-refractivity contribution in [1.29, 1.82) is 5.26 Å². The molecule has 0 aliphatic carbocycles. The third-order valence-corrected chi connectivity index (χ3v) is 3.49. The number of nitrogens with one attached hydrogen (secondary N) is 2. The molecule has 1 heterocycles. The zero-order chi connectivity index (χ0) is 16.4. The van der Waals surface area contributed by atoms with E-state index in [4.69, 9.17) is 17.0 Å². The molecule has 7 nitrogen and oxygen atoms in total. The smallest absolute Gasteiger partial charge is 0.333 e. The molecule has 2 N–H and O–H groups in total. The molecule has 21 heavy (non-hydrogen) atoms. The SMILES string of the molecule is COC(=O)[C@]1(CC(=O)C(C)(C)C)NC(=S)NC(=O)[C@H]1C#N. The van der Waals surface area contributed by atoms with Crippen LogP contribution in [0.4, 0.5) is 0 Å². The standard InChI is InChI=1S/C13H17N3O4S/c1-12(2,3)8(17)5-13(10(19)20-4)7(6-14)9(18)15-11(21)16-13/h7H,5H2,1-4H3,(H2,15,16,18,21)/t7-,13-/m1/s1. The molecule has 1 aliphatic heterocycles. The van der Waals surface area contributed by atoms with E-state index in [-0.39, 0.29) is 17.3 Å². The number of nitrogens with zero attached hydrogens (tertiary/aromatic N) is 1. The molecule has 114 valence electrons. The molecule has 0 aromatic rings. The van der Waals surface area contributed by atoms with E-state index in [0.29, 0.717) is 0 Å². The van der Waals surface area contributed by atoms with Gasteiger partial charge in [-0.2, -0.15) is 5.26 Å². The molecule has 1 rings (SSSR count). The van der Waals surface area contributed by atoms with Crippen molar-refractivity contribution in [3.05, 3.63) is 0 Å². The number of methoxy groups -OCH3 is 1. The zero-order valence-corrected chi connectivity index (χ0v) is 13.1. The maximum Gasteiger partial charge on any atom is 0.333 e. The minimum atomic E-state index is -1.80. The van der Waals surface area contributed by atoms with Gasteiger partial charge < -0.3 is 15.4 Å². The maximum atomic E-state index is 12.3. The summed E-state index contributed by atoms with van der Waals surface area (Å²) in [7, 11) is 1.12. The van der Waals surface area contributed by atoms with Gasteiger partial charge in [0, 0.05) is 11.8 Å². The number of Topliss-reactive ketones (excluding diaryl/α,β-unsaturated/α-hetero) is 1. The second kappa shape index (κ2) is 5.77. The van der Waals surface area contributed by atoms with Crippen LogP contribution in [0, 0.1) is 22.7 Å². The molecule has 0 unspecified atom stereocenters. The van der Waals surface area contributed by atoms with Gasteiger partial charge in [-0.1, -0.05) is 20.8 Å². The number of rotatable bonds is 3. The van der Waals surface area contributed by atoms with Gasteiger partial charge in [0.25, 0.3) is 0 Å².